The first-order valence-electron chi connectivity index (χ1n) is 5.07. The zero-order valence-electron chi connectivity index (χ0n) is 9.29. The fourth-order valence-electron chi connectivity index (χ4n) is 1.68. The molecule has 0 atom stereocenters. The van der Waals surface area contributed by atoms with Gasteiger partial charge in [-0.2, -0.15) is 5.26 Å². The van der Waals surface area contributed by atoms with E-state index in [1.807, 2.05) is 18.2 Å². The van der Waals surface area contributed by atoms with E-state index in [2.05, 4.69) is 47.7 Å². The van der Waals surface area contributed by atoms with E-state index in [1.165, 1.54) is 0 Å². The summed E-state index contributed by atoms with van der Waals surface area (Å²) in [6.45, 7) is 7.27. The summed E-state index contributed by atoms with van der Waals surface area (Å²) in [5.74, 6) is 0. The zero-order valence-corrected chi connectivity index (χ0v) is 10.9. The van der Waals surface area contributed by atoms with Gasteiger partial charge in [0.15, 0.2) is 0 Å². The van der Waals surface area contributed by atoms with Crippen molar-refractivity contribution < 1.29 is 0 Å². The van der Waals surface area contributed by atoms with Crippen molar-refractivity contribution >= 4 is 21.6 Å². The number of nitrogens with zero attached hydrogens (tertiary/aromatic N) is 2. The van der Waals surface area contributed by atoms with Crippen LogP contribution in [0, 0.1) is 11.3 Å². The van der Waals surface area contributed by atoms with Crippen LogP contribution in [0.2, 0.25) is 0 Å². The van der Waals surface area contributed by atoms with Gasteiger partial charge in [-0.25, -0.2) is 0 Å². The van der Waals surface area contributed by atoms with Crippen LogP contribution in [0.5, 0.6) is 0 Å². The summed E-state index contributed by atoms with van der Waals surface area (Å²) in [6, 6.07) is 8.50. The monoisotopic (exact) mass is 266 g/mol. The summed E-state index contributed by atoms with van der Waals surface area (Å²) in [7, 11) is 0. The van der Waals surface area contributed by atoms with Crippen molar-refractivity contribution in [2.45, 2.75) is 26.8 Å². The third kappa shape index (κ3) is 2.51. The van der Waals surface area contributed by atoms with Gasteiger partial charge < -0.3 is 4.90 Å². The van der Waals surface area contributed by atoms with Gasteiger partial charge in [0, 0.05) is 17.1 Å². The molecule has 0 heterocycles. The smallest absolute Gasteiger partial charge is 0.103 e. The van der Waals surface area contributed by atoms with E-state index < -0.39 is 0 Å². The van der Waals surface area contributed by atoms with Gasteiger partial charge in [-0.05, 0) is 48.8 Å². The topological polar surface area (TPSA) is 27.0 Å². The molecular weight excluding hydrogens is 252 g/mol. The first kappa shape index (κ1) is 12.1. The lowest BCUT2D eigenvalue weighted by molar-refractivity contribution is 0.703. The molecule has 1 rings (SSSR count). The Morgan fingerprint density at radius 3 is 2.60 bits per heavy atom. The lowest BCUT2D eigenvalue weighted by Crippen LogP contribution is -2.31. The molecule has 3 heteroatoms. The van der Waals surface area contributed by atoms with Gasteiger partial charge in [0.25, 0.3) is 0 Å². The van der Waals surface area contributed by atoms with Crippen molar-refractivity contribution in [3.63, 3.8) is 0 Å². The maximum atomic E-state index is 9.12. The van der Waals surface area contributed by atoms with Gasteiger partial charge in [-0.15, -0.1) is 0 Å². The fourth-order valence-corrected chi connectivity index (χ4v) is 2.12. The van der Waals surface area contributed by atoms with Crippen LogP contribution in [0.1, 0.15) is 26.3 Å². The molecule has 0 saturated heterocycles. The average Bonchev–Trinajstić information content (AvgIpc) is 2.18. The van der Waals surface area contributed by atoms with Crippen LogP contribution in [0.25, 0.3) is 0 Å². The van der Waals surface area contributed by atoms with Crippen molar-refractivity contribution in [2.24, 2.45) is 0 Å². The first-order chi connectivity index (χ1) is 7.11. The summed E-state index contributed by atoms with van der Waals surface area (Å²) in [4.78, 5) is 2.21. The summed E-state index contributed by atoms with van der Waals surface area (Å²) in [5.41, 5.74) is 1.72. The minimum Gasteiger partial charge on any atom is -0.368 e. The number of anilines is 1. The van der Waals surface area contributed by atoms with Gasteiger partial charge in [-0.3, -0.25) is 0 Å². The molecule has 2 nitrogen and oxygen atoms in total. The minimum absolute atomic E-state index is 0.399. The summed E-state index contributed by atoms with van der Waals surface area (Å²) in [5, 5.41) is 9.12. The zero-order chi connectivity index (χ0) is 11.4. The molecule has 0 radical (unpaired) electrons. The Morgan fingerprint density at radius 1 is 1.47 bits per heavy atom. The van der Waals surface area contributed by atoms with E-state index in [0.717, 1.165) is 16.7 Å². The van der Waals surface area contributed by atoms with Crippen molar-refractivity contribution in [1.29, 1.82) is 5.26 Å². The Bertz CT molecular complexity index is 380. The molecule has 0 unspecified atom stereocenters. The summed E-state index contributed by atoms with van der Waals surface area (Å²) >= 11 is 3.40. The maximum absolute atomic E-state index is 9.12. The molecule has 0 fully saturated rings. The number of hydrogen-bond acceptors (Lipinski definition) is 2. The van der Waals surface area contributed by atoms with E-state index in [1.54, 1.807) is 0 Å². The SMILES string of the molecule is CCN(c1cccc(Br)c1C#N)C(C)C. The Balaban J connectivity index is 3.24. The van der Waals surface area contributed by atoms with E-state index in [-0.39, 0.29) is 0 Å². The fraction of sp³-hybridized carbons (Fsp3) is 0.417. The second-order valence-electron chi connectivity index (χ2n) is 3.63. The van der Waals surface area contributed by atoms with Crippen molar-refractivity contribution in [2.75, 3.05) is 11.4 Å². The van der Waals surface area contributed by atoms with Gasteiger partial charge in [0.2, 0.25) is 0 Å². The molecule has 0 N–H and O–H groups in total. The second-order valence-corrected chi connectivity index (χ2v) is 4.48. The first-order valence-corrected chi connectivity index (χ1v) is 5.86. The van der Waals surface area contributed by atoms with Crippen LogP contribution >= 0.6 is 15.9 Å². The number of benzene rings is 1. The molecule has 0 spiro atoms. The molecule has 0 saturated carbocycles. The largest absolute Gasteiger partial charge is 0.368 e. The Labute approximate surface area is 99.6 Å². The van der Waals surface area contributed by atoms with E-state index in [9.17, 15) is 0 Å². The standard InChI is InChI=1S/C12H15BrN2/c1-4-15(9(2)3)12-7-5-6-11(13)10(12)8-14/h5-7,9H,4H2,1-3H3. The Hall–Kier alpha value is -1.01. The average molecular weight is 267 g/mol. The molecule has 0 amide bonds. The molecule has 80 valence electrons. The second kappa shape index (κ2) is 5.18. The molecule has 0 bridgehead atoms. The van der Waals surface area contributed by atoms with Crippen LogP contribution in [0.4, 0.5) is 5.69 Å². The molecule has 0 aliphatic rings. The molecule has 1 aromatic rings. The van der Waals surface area contributed by atoms with E-state index in [4.69, 9.17) is 5.26 Å². The highest BCUT2D eigenvalue weighted by atomic mass is 79.9. The third-order valence-electron chi connectivity index (χ3n) is 2.38. The molecule has 15 heavy (non-hydrogen) atoms. The van der Waals surface area contributed by atoms with E-state index in [0.29, 0.717) is 11.6 Å². The van der Waals surface area contributed by atoms with Crippen LogP contribution < -0.4 is 4.90 Å². The molecule has 0 aromatic heterocycles. The predicted octanol–water partition coefficient (Wildman–Crippen LogP) is 3.56. The van der Waals surface area contributed by atoms with Gasteiger partial charge in [0.05, 0.1) is 11.3 Å². The summed E-state index contributed by atoms with van der Waals surface area (Å²) in [6.07, 6.45) is 0. The number of hydrogen-bond donors (Lipinski definition) is 0. The molecule has 1 aromatic carbocycles. The Kier molecular flexibility index (Phi) is 4.16. The third-order valence-corrected chi connectivity index (χ3v) is 3.04. The van der Waals surface area contributed by atoms with Gasteiger partial charge in [0.1, 0.15) is 6.07 Å². The highest BCUT2D eigenvalue weighted by Gasteiger charge is 2.14. The normalized spacial score (nSPS) is 10.1. The van der Waals surface area contributed by atoms with E-state index >= 15 is 0 Å². The van der Waals surface area contributed by atoms with Crippen molar-refractivity contribution in [3.8, 4) is 6.07 Å². The number of halogens is 1. The minimum atomic E-state index is 0.399. The van der Waals surface area contributed by atoms with Crippen molar-refractivity contribution in [1.82, 2.24) is 0 Å². The quantitative estimate of drug-likeness (QED) is 0.837. The number of rotatable bonds is 3. The highest BCUT2D eigenvalue weighted by Crippen LogP contribution is 2.28. The molecular formula is C12H15BrN2. The highest BCUT2D eigenvalue weighted by molar-refractivity contribution is 9.10. The van der Waals surface area contributed by atoms with Crippen LogP contribution in [-0.2, 0) is 0 Å². The molecule has 0 aliphatic heterocycles. The van der Waals surface area contributed by atoms with Crippen LogP contribution in [-0.4, -0.2) is 12.6 Å². The predicted molar refractivity (Wildman–Crippen MR) is 67.0 cm³/mol. The molecule has 0 aliphatic carbocycles. The van der Waals surface area contributed by atoms with Crippen molar-refractivity contribution in [3.05, 3.63) is 28.2 Å². The van der Waals surface area contributed by atoms with Crippen LogP contribution in [0.15, 0.2) is 22.7 Å². The maximum Gasteiger partial charge on any atom is 0.103 e. The lowest BCUT2D eigenvalue weighted by Gasteiger charge is -2.28. The number of nitriles is 1. The summed E-state index contributed by atoms with van der Waals surface area (Å²) < 4.78 is 0.863. The van der Waals surface area contributed by atoms with Gasteiger partial charge >= 0.3 is 0 Å². The van der Waals surface area contributed by atoms with Crippen LogP contribution in [0.3, 0.4) is 0 Å². The lowest BCUT2D eigenvalue weighted by atomic mass is 10.1. The van der Waals surface area contributed by atoms with Gasteiger partial charge in [-0.1, -0.05) is 6.07 Å². The Morgan fingerprint density at radius 2 is 2.13 bits per heavy atom.